The summed E-state index contributed by atoms with van der Waals surface area (Å²) in [5.41, 5.74) is 2.52. The molecule has 106 valence electrons. The van der Waals surface area contributed by atoms with E-state index >= 15 is 0 Å². The van der Waals surface area contributed by atoms with Crippen LogP contribution in [0, 0.1) is 6.92 Å². The molecule has 2 nitrogen and oxygen atoms in total. The number of hydrogen-bond donors (Lipinski definition) is 0. The molecular formula is C16H18Cl2NO+. The van der Waals surface area contributed by atoms with E-state index in [0.29, 0.717) is 22.4 Å². The Hall–Kier alpha value is -1.25. The highest BCUT2D eigenvalue weighted by Crippen LogP contribution is 2.32. The number of aromatic nitrogens is 1. The molecule has 0 unspecified atom stereocenters. The molecule has 0 aliphatic heterocycles. The van der Waals surface area contributed by atoms with Crippen molar-refractivity contribution in [2.24, 2.45) is 0 Å². The zero-order chi connectivity index (χ0) is 14.5. The van der Waals surface area contributed by atoms with Gasteiger partial charge in [0.25, 0.3) is 0 Å². The fourth-order valence-electron chi connectivity index (χ4n) is 1.98. The average molecular weight is 311 g/mol. The third-order valence-corrected chi connectivity index (χ3v) is 3.81. The average Bonchev–Trinajstić information content (AvgIpc) is 2.44. The lowest BCUT2D eigenvalue weighted by atomic mass is 10.2. The summed E-state index contributed by atoms with van der Waals surface area (Å²) in [7, 11) is 0. The normalized spacial score (nSPS) is 10.6. The lowest BCUT2D eigenvalue weighted by molar-refractivity contribution is -0.703. The summed E-state index contributed by atoms with van der Waals surface area (Å²) >= 11 is 12.1. The van der Waals surface area contributed by atoms with E-state index in [9.17, 15) is 0 Å². The summed E-state index contributed by atoms with van der Waals surface area (Å²) in [6, 6.07) is 9.64. The fraction of sp³-hybridized carbons (Fsp3) is 0.312. The number of aryl methyl sites for hydroxylation is 2. The summed E-state index contributed by atoms with van der Waals surface area (Å²) in [4.78, 5) is 0. The van der Waals surface area contributed by atoms with Gasteiger partial charge in [-0.1, -0.05) is 36.2 Å². The monoisotopic (exact) mass is 310 g/mol. The molecule has 0 N–H and O–H groups in total. The molecule has 1 aromatic carbocycles. The topological polar surface area (TPSA) is 13.1 Å². The number of ether oxygens (including phenoxy) is 1. The molecule has 2 rings (SSSR count). The maximum Gasteiger partial charge on any atom is 0.182 e. The van der Waals surface area contributed by atoms with Crippen LogP contribution in [0.1, 0.15) is 18.2 Å². The van der Waals surface area contributed by atoms with Crippen LogP contribution < -0.4 is 9.30 Å². The molecule has 20 heavy (non-hydrogen) atoms. The maximum atomic E-state index is 6.07. The predicted octanol–water partition coefficient (Wildman–Crippen LogP) is 4.23. The number of pyridine rings is 1. The zero-order valence-corrected chi connectivity index (χ0v) is 13.2. The van der Waals surface area contributed by atoms with Crippen molar-refractivity contribution in [2.45, 2.75) is 26.8 Å². The molecule has 0 aliphatic carbocycles. The maximum absolute atomic E-state index is 6.07. The number of benzene rings is 1. The van der Waals surface area contributed by atoms with Gasteiger partial charge in [0, 0.05) is 18.6 Å². The highest BCUT2D eigenvalue weighted by molar-refractivity contribution is 6.37. The van der Waals surface area contributed by atoms with Crippen molar-refractivity contribution in [1.29, 1.82) is 0 Å². The first-order valence-electron chi connectivity index (χ1n) is 6.67. The van der Waals surface area contributed by atoms with Crippen LogP contribution in [0.2, 0.25) is 10.0 Å². The molecule has 0 radical (unpaired) electrons. The molecular weight excluding hydrogens is 293 g/mol. The molecule has 1 aromatic heterocycles. The van der Waals surface area contributed by atoms with Gasteiger partial charge in [-0.25, -0.2) is 0 Å². The van der Waals surface area contributed by atoms with Crippen LogP contribution in [0.4, 0.5) is 0 Å². The molecule has 0 saturated carbocycles. The summed E-state index contributed by atoms with van der Waals surface area (Å²) < 4.78 is 7.90. The first-order valence-corrected chi connectivity index (χ1v) is 7.43. The number of halogens is 2. The van der Waals surface area contributed by atoms with Gasteiger partial charge in [-0.2, -0.15) is 4.57 Å². The van der Waals surface area contributed by atoms with Crippen LogP contribution in [-0.4, -0.2) is 6.61 Å². The van der Waals surface area contributed by atoms with Crippen LogP contribution in [0.15, 0.2) is 36.5 Å². The van der Waals surface area contributed by atoms with Crippen LogP contribution in [-0.2, 0) is 13.0 Å². The SMILES string of the molecule is CCc1ccc(C)[n+](CCOc2c(Cl)cccc2Cl)c1. The van der Waals surface area contributed by atoms with Gasteiger partial charge in [0.05, 0.1) is 10.0 Å². The highest BCUT2D eigenvalue weighted by Gasteiger charge is 2.10. The van der Waals surface area contributed by atoms with Crippen LogP contribution >= 0.6 is 23.2 Å². The summed E-state index contributed by atoms with van der Waals surface area (Å²) in [6.07, 6.45) is 3.18. The Kier molecular flexibility index (Phi) is 5.27. The number of hydrogen-bond acceptors (Lipinski definition) is 1. The van der Waals surface area contributed by atoms with Crippen LogP contribution in [0.25, 0.3) is 0 Å². The Morgan fingerprint density at radius 1 is 1.10 bits per heavy atom. The number of nitrogens with zero attached hydrogens (tertiary/aromatic N) is 1. The van der Waals surface area contributed by atoms with Gasteiger partial charge in [-0.05, 0) is 24.6 Å². The van der Waals surface area contributed by atoms with Gasteiger partial charge in [-0.3, -0.25) is 0 Å². The van der Waals surface area contributed by atoms with E-state index in [2.05, 4.69) is 36.7 Å². The van der Waals surface area contributed by atoms with Crippen molar-refractivity contribution >= 4 is 23.2 Å². The molecule has 1 heterocycles. The van der Waals surface area contributed by atoms with Gasteiger partial charge in [-0.15, -0.1) is 0 Å². The Bertz CT molecular complexity index is 579. The van der Waals surface area contributed by atoms with E-state index in [4.69, 9.17) is 27.9 Å². The second-order valence-electron chi connectivity index (χ2n) is 4.62. The minimum atomic E-state index is 0.530. The molecule has 0 atom stereocenters. The lowest BCUT2D eigenvalue weighted by Gasteiger charge is -2.09. The van der Waals surface area contributed by atoms with E-state index < -0.39 is 0 Å². The van der Waals surface area contributed by atoms with Crippen molar-refractivity contribution in [3.05, 3.63) is 57.8 Å². The highest BCUT2D eigenvalue weighted by atomic mass is 35.5. The Balaban J connectivity index is 2.03. The third kappa shape index (κ3) is 3.65. The Labute approximate surface area is 129 Å². The van der Waals surface area contributed by atoms with E-state index in [-0.39, 0.29) is 0 Å². The standard InChI is InChI=1S/C16H18Cl2NO/c1-3-13-8-7-12(2)19(11-13)9-10-20-16-14(17)5-4-6-15(16)18/h4-8,11H,3,9-10H2,1-2H3/q+1. The van der Waals surface area contributed by atoms with Gasteiger partial charge in [0.15, 0.2) is 24.2 Å². The summed E-state index contributed by atoms with van der Waals surface area (Å²) in [5, 5.41) is 1.09. The minimum Gasteiger partial charge on any atom is -0.484 e. The van der Waals surface area contributed by atoms with Gasteiger partial charge >= 0.3 is 0 Å². The second kappa shape index (κ2) is 6.96. The van der Waals surface area contributed by atoms with Gasteiger partial charge in [0.2, 0.25) is 0 Å². The van der Waals surface area contributed by atoms with Gasteiger partial charge in [0.1, 0.15) is 6.61 Å². The van der Waals surface area contributed by atoms with Crippen LogP contribution in [0.3, 0.4) is 0 Å². The van der Waals surface area contributed by atoms with E-state index in [1.54, 1.807) is 18.2 Å². The predicted molar refractivity (Wildman–Crippen MR) is 82.7 cm³/mol. The molecule has 0 amide bonds. The van der Waals surface area contributed by atoms with Crippen LogP contribution in [0.5, 0.6) is 5.75 Å². The number of para-hydroxylation sites is 1. The van der Waals surface area contributed by atoms with Crippen molar-refractivity contribution in [3.8, 4) is 5.75 Å². The quantitative estimate of drug-likeness (QED) is 0.753. The van der Waals surface area contributed by atoms with Gasteiger partial charge < -0.3 is 4.74 Å². The lowest BCUT2D eigenvalue weighted by Crippen LogP contribution is -2.39. The first-order chi connectivity index (χ1) is 9.61. The molecule has 0 saturated heterocycles. The smallest absolute Gasteiger partial charge is 0.182 e. The fourth-order valence-corrected chi connectivity index (χ4v) is 2.49. The second-order valence-corrected chi connectivity index (χ2v) is 5.44. The molecule has 4 heteroatoms. The minimum absolute atomic E-state index is 0.530. The third-order valence-electron chi connectivity index (χ3n) is 3.22. The molecule has 0 aliphatic rings. The van der Waals surface area contributed by atoms with E-state index in [1.807, 2.05) is 0 Å². The molecule has 0 bridgehead atoms. The Morgan fingerprint density at radius 2 is 1.80 bits per heavy atom. The van der Waals surface area contributed by atoms with Crippen molar-refractivity contribution in [2.75, 3.05) is 6.61 Å². The molecule has 2 aromatic rings. The zero-order valence-electron chi connectivity index (χ0n) is 11.7. The summed E-state index contributed by atoms with van der Waals surface area (Å²) in [6.45, 7) is 5.53. The number of rotatable bonds is 5. The first kappa shape index (κ1) is 15.1. The largest absolute Gasteiger partial charge is 0.484 e. The summed E-state index contributed by atoms with van der Waals surface area (Å²) in [5.74, 6) is 0.556. The van der Waals surface area contributed by atoms with E-state index in [1.165, 1.54) is 11.3 Å². The molecule has 0 fully saturated rings. The molecule has 0 spiro atoms. The Morgan fingerprint density at radius 3 is 2.45 bits per heavy atom. The van der Waals surface area contributed by atoms with Crippen molar-refractivity contribution in [1.82, 2.24) is 0 Å². The van der Waals surface area contributed by atoms with E-state index in [0.717, 1.165) is 13.0 Å². The van der Waals surface area contributed by atoms with Crippen molar-refractivity contribution < 1.29 is 9.30 Å². The van der Waals surface area contributed by atoms with Crippen molar-refractivity contribution in [3.63, 3.8) is 0 Å².